The summed E-state index contributed by atoms with van der Waals surface area (Å²) in [4.78, 5) is 0. The summed E-state index contributed by atoms with van der Waals surface area (Å²) in [5, 5.41) is 16.9. The Bertz CT molecular complexity index is 2790. The van der Waals surface area contributed by atoms with Crippen molar-refractivity contribution in [2.24, 2.45) is 0 Å². The van der Waals surface area contributed by atoms with Gasteiger partial charge in [0.05, 0.1) is 61.2 Å². The van der Waals surface area contributed by atoms with Gasteiger partial charge in [-0.1, -0.05) is 214 Å². The number of hydrogen-bond acceptors (Lipinski definition) is 9. The molecule has 0 bridgehead atoms. The second-order valence-corrected chi connectivity index (χ2v) is 41.8. The lowest BCUT2D eigenvalue weighted by Gasteiger charge is -2.58. The second-order valence-electron chi connectivity index (χ2n) is 28.4. The number of ether oxygens (including phenoxy) is 5. The van der Waals surface area contributed by atoms with Crippen molar-refractivity contribution in [3.05, 3.63) is 169 Å². The average molecular weight is 1150 g/mol. The topological polar surface area (TPSA) is 94.1 Å². The number of fused-ring (bicyclic) bond motifs is 2. The first-order valence-electron chi connectivity index (χ1n) is 30.0. The van der Waals surface area contributed by atoms with E-state index in [1.54, 1.807) is 0 Å². The monoisotopic (exact) mass is 1150 g/mol. The van der Waals surface area contributed by atoms with Gasteiger partial charge in [-0.25, -0.2) is 0 Å². The Balaban J connectivity index is 1.00. The number of rotatable bonds is 17. The van der Waals surface area contributed by atoms with Gasteiger partial charge in [-0.3, -0.25) is 0 Å². The summed E-state index contributed by atoms with van der Waals surface area (Å²) in [5.41, 5.74) is -2.27. The minimum Gasteiger partial charge on any atom is -0.492 e. The number of allylic oxidation sites excluding steroid dienone is 1. The smallest absolute Gasteiger partial charge is 0.261 e. The van der Waals surface area contributed by atoms with Gasteiger partial charge in [-0.2, -0.15) is 0 Å². The Labute approximate surface area is 489 Å². The summed E-state index contributed by atoms with van der Waals surface area (Å²) in [6.45, 7) is 35.1. The van der Waals surface area contributed by atoms with E-state index < -0.39 is 59.6 Å². The van der Waals surface area contributed by atoms with E-state index in [4.69, 9.17) is 37.0 Å². The molecular formula is C69H96O9Si3. The number of aliphatic hydroxyl groups excluding tert-OH is 1. The van der Waals surface area contributed by atoms with Crippen LogP contribution in [0.15, 0.2) is 163 Å². The Morgan fingerprint density at radius 3 is 1.53 bits per heavy atom. The lowest BCUT2D eigenvalue weighted by Crippen LogP contribution is -2.70. The maximum Gasteiger partial charge on any atom is 0.261 e. The Kier molecular flexibility index (Phi) is 17.8. The van der Waals surface area contributed by atoms with E-state index >= 15 is 0 Å². The molecule has 438 valence electrons. The maximum absolute atomic E-state index is 12.5. The second kappa shape index (κ2) is 23.4. The van der Waals surface area contributed by atoms with Crippen molar-refractivity contribution >= 4 is 45.7 Å². The Morgan fingerprint density at radius 2 is 1.05 bits per heavy atom. The molecule has 3 fully saturated rings. The van der Waals surface area contributed by atoms with Crippen LogP contribution in [0, 0.1) is 0 Å². The van der Waals surface area contributed by atoms with Crippen LogP contribution in [0.5, 0.6) is 0 Å². The largest absolute Gasteiger partial charge is 0.492 e. The third-order valence-corrected chi connectivity index (χ3v) is 33.6. The fourth-order valence-electron chi connectivity index (χ4n) is 13.6. The van der Waals surface area contributed by atoms with Gasteiger partial charge >= 0.3 is 0 Å². The van der Waals surface area contributed by atoms with Gasteiger partial charge in [0.2, 0.25) is 0 Å². The summed E-state index contributed by atoms with van der Waals surface area (Å²) >= 11 is 0. The zero-order valence-electron chi connectivity index (χ0n) is 51.6. The van der Waals surface area contributed by atoms with Gasteiger partial charge in [0, 0.05) is 25.7 Å². The standard InChI is InChI=1S/C69H96O9Si3/c1-63(2,3)79(14,15)76-57-47-68(12)62(75-58(57)49-72-80(64(4,5)6,53-35-23-17-24-36-53)54-37-25-18-26-38-54)45-61-66(10,77-68)43-31-34-52(74-61)46-67(11)59(70)44-60(71-48-51-32-21-16-22-33-51)69(13,78-67)50-73-81(65(7,8)9,55-39-27-19-28-40-55)56-41-29-20-30-42-56/h16-30,32-42,57-62,70H,31,43-50H2,1-15H3/t57-,58+,59-,60+,61+,62-,66-,67+,68+,69-/m0/s1. The van der Waals surface area contributed by atoms with Crippen LogP contribution in [0.2, 0.25) is 28.2 Å². The Morgan fingerprint density at radius 1 is 0.568 bits per heavy atom. The van der Waals surface area contributed by atoms with E-state index in [9.17, 15) is 5.11 Å². The minimum atomic E-state index is -3.01. The molecule has 0 radical (unpaired) electrons. The fourth-order valence-corrected chi connectivity index (χ4v) is 24.2. The van der Waals surface area contributed by atoms with Gasteiger partial charge in [0.15, 0.2) is 8.32 Å². The van der Waals surface area contributed by atoms with E-state index in [0.717, 1.165) is 24.2 Å². The van der Waals surface area contributed by atoms with E-state index in [2.05, 4.69) is 236 Å². The molecule has 12 heteroatoms. The van der Waals surface area contributed by atoms with Crippen molar-refractivity contribution in [1.29, 1.82) is 0 Å². The first-order valence-corrected chi connectivity index (χ1v) is 36.7. The summed E-state index contributed by atoms with van der Waals surface area (Å²) in [6, 6.07) is 53.4. The van der Waals surface area contributed by atoms with Crippen LogP contribution >= 0.6 is 0 Å². The maximum atomic E-state index is 12.5. The molecule has 4 heterocycles. The molecule has 9 nitrogen and oxygen atoms in total. The van der Waals surface area contributed by atoms with Crippen LogP contribution in [0.25, 0.3) is 0 Å². The van der Waals surface area contributed by atoms with Crippen molar-refractivity contribution in [2.75, 3.05) is 13.2 Å². The molecular weight excluding hydrogens is 1060 g/mol. The van der Waals surface area contributed by atoms with E-state index in [-0.39, 0.29) is 46.1 Å². The van der Waals surface area contributed by atoms with E-state index in [1.165, 1.54) is 20.7 Å². The highest BCUT2D eigenvalue weighted by Crippen LogP contribution is 2.52. The molecule has 5 aromatic rings. The SMILES string of the molecule is CC(C)(C)[Si](C)(C)O[C@H]1C[C@@]2(C)O[C@@]3(C)CCC=C(C[C@@]4(C)O[C@@](C)(CO[Si](c5ccccc5)(c5ccccc5)C(C)(C)C)[C@H](OCc5ccccc5)C[C@@H]4O)O[C@@H]3C[C@@H]2O[C@@H]1CO[Si](c1ccccc1)(c1ccccc1)C(C)(C)C. The van der Waals surface area contributed by atoms with Crippen LogP contribution < -0.4 is 20.7 Å². The highest BCUT2D eigenvalue weighted by molar-refractivity contribution is 7.00. The van der Waals surface area contributed by atoms with Crippen molar-refractivity contribution < 1.29 is 42.1 Å². The third-order valence-electron chi connectivity index (χ3n) is 19.2. The quantitative estimate of drug-likeness (QED) is 0.0914. The first-order chi connectivity index (χ1) is 38.1. The summed E-state index contributed by atoms with van der Waals surface area (Å²) in [6.07, 6.45) is 3.07. The molecule has 0 spiro atoms. The van der Waals surface area contributed by atoms with Crippen LogP contribution in [0.1, 0.15) is 134 Å². The summed E-state index contributed by atoms with van der Waals surface area (Å²) < 4.78 is 59.6. The average Bonchev–Trinajstić information content (AvgIpc) is 3.81. The van der Waals surface area contributed by atoms with Gasteiger partial charge < -0.3 is 42.1 Å². The molecule has 0 unspecified atom stereocenters. The predicted octanol–water partition coefficient (Wildman–Crippen LogP) is 13.0. The van der Waals surface area contributed by atoms with Crippen molar-refractivity contribution in [2.45, 2.75) is 222 Å². The van der Waals surface area contributed by atoms with E-state index in [1.807, 2.05) is 25.1 Å². The van der Waals surface area contributed by atoms with Gasteiger partial charge in [0.25, 0.3) is 16.6 Å². The van der Waals surface area contributed by atoms with Crippen molar-refractivity contribution in [1.82, 2.24) is 0 Å². The van der Waals surface area contributed by atoms with Gasteiger partial charge in [-0.05, 0) is 101 Å². The minimum absolute atomic E-state index is 0.0221. The van der Waals surface area contributed by atoms with E-state index in [0.29, 0.717) is 38.9 Å². The van der Waals surface area contributed by atoms with Crippen LogP contribution in [-0.2, 0) is 43.6 Å². The molecule has 0 amide bonds. The number of aliphatic hydroxyl groups is 1. The lowest BCUT2D eigenvalue weighted by atomic mass is 9.76. The summed E-state index contributed by atoms with van der Waals surface area (Å²) in [5.74, 6) is 0.790. The van der Waals surface area contributed by atoms with Crippen molar-refractivity contribution in [3.63, 3.8) is 0 Å². The zero-order chi connectivity index (χ0) is 58.3. The molecule has 81 heavy (non-hydrogen) atoms. The van der Waals surface area contributed by atoms with Crippen LogP contribution in [-0.4, -0.2) is 102 Å². The van der Waals surface area contributed by atoms with Crippen LogP contribution in [0.4, 0.5) is 0 Å². The number of benzene rings is 5. The normalized spacial score (nSPS) is 29.6. The molecule has 9 rings (SSSR count). The van der Waals surface area contributed by atoms with Gasteiger partial charge in [-0.15, -0.1) is 0 Å². The highest BCUT2D eigenvalue weighted by Gasteiger charge is 2.61. The molecule has 1 N–H and O–H groups in total. The molecule has 4 aliphatic heterocycles. The van der Waals surface area contributed by atoms with Crippen molar-refractivity contribution in [3.8, 4) is 0 Å². The molecule has 10 atom stereocenters. The molecule has 0 aliphatic carbocycles. The molecule has 0 aromatic heterocycles. The predicted molar refractivity (Wildman–Crippen MR) is 335 cm³/mol. The zero-order valence-corrected chi connectivity index (χ0v) is 54.6. The first kappa shape index (κ1) is 61.5. The molecule has 5 aromatic carbocycles. The van der Waals surface area contributed by atoms with Crippen LogP contribution in [0.3, 0.4) is 0 Å². The third kappa shape index (κ3) is 12.4. The molecule has 3 saturated heterocycles. The molecule has 0 saturated carbocycles. The lowest BCUT2D eigenvalue weighted by molar-refractivity contribution is -0.317. The Hall–Kier alpha value is -4.03. The highest BCUT2D eigenvalue weighted by atomic mass is 28.4. The summed E-state index contributed by atoms with van der Waals surface area (Å²) in [7, 11) is -8.27. The van der Waals surface area contributed by atoms with Gasteiger partial charge in [0.1, 0.15) is 23.4 Å². The number of hydrogen-bond donors (Lipinski definition) is 1. The molecule has 4 aliphatic rings. The fraction of sp³-hybridized carbons (Fsp3) is 0.536.